The molecule has 0 aliphatic carbocycles. The van der Waals surface area contributed by atoms with Gasteiger partial charge < -0.3 is 9.47 Å². The number of aryl methyl sites for hydroxylation is 3. The molecule has 0 unspecified atom stereocenters. The van der Waals surface area contributed by atoms with Crippen molar-refractivity contribution in [1.82, 2.24) is 9.78 Å². The molecule has 0 saturated heterocycles. The van der Waals surface area contributed by atoms with Crippen LogP contribution in [-0.2, 0) is 6.54 Å². The van der Waals surface area contributed by atoms with Crippen LogP contribution in [0.15, 0.2) is 47.4 Å². The quantitative estimate of drug-likeness (QED) is 0.641. The van der Waals surface area contributed by atoms with Gasteiger partial charge >= 0.3 is 5.56 Å². The van der Waals surface area contributed by atoms with E-state index in [9.17, 15) is 4.79 Å². The van der Waals surface area contributed by atoms with E-state index in [2.05, 4.69) is 24.2 Å². The zero-order valence-corrected chi connectivity index (χ0v) is 16.5. The lowest BCUT2D eigenvalue weighted by Crippen LogP contribution is -2.25. The fourth-order valence-corrected chi connectivity index (χ4v) is 3.19. The molecule has 140 valence electrons. The number of hydrogen-bond donors (Lipinski definition) is 0. The smallest absolute Gasteiger partial charge is 0.311 e. The highest BCUT2D eigenvalue weighted by Crippen LogP contribution is 2.26. The second-order valence-corrected chi connectivity index (χ2v) is 6.85. The summed E-state index contributed by atoms with van der Waals surface area (Å²) in [6, 6.07) is 11.1. The fourth-order valence-electron chi connectivity index (χ4n) is 3.03. The van der Waals surface area contributed by atoms with Crippen LogP contribution in [0.1, 0.15) is 22.3 Å². The Balaban J connectivity index is 1.95. The highest BCUT2D eigenvalue weighted by molar-refractivity contribution is 6.31. The molecule has 0 aliphatic rings. The molecule has 1 aromatic heterocycles. The average Bonchev–Trinajstić information content (AvgIpc) is 2.63. The monoisotopic (exact) mass is 384 g/mol. The van der Waals surface area contributed by atoms with Crippen molar-refractivity contribution in [2.75, 3.05) is 7.11 Å². The first-order valence-corrected chi connectivity index (χ1v) is 8.91. The predicted molar refractivity (Wildman–Crippen MR) is 106 cm³/mol. The molecule has 5 nitrogen and oxygen atoms in total. The second kappa shape index (κ2) is 7.84. The van der Waals surface area contributed by atoms with Gasteiger partial charge in [0.1, 0.15) is 16.5 Å². The van der Waals surface area contributed by atoms with Crippen molar-refractivity contribution in [2.24, 2.45) is 0 Å². The van der Waals surface area contributed by atoms with E-state index < -0.39 is 0 Å². The molecule has 0 spiro atoms. The van der Waals surface area contributed by atoms with Crippen LogP contribution in [0, 0.1) is 20.8 Å². The number of hydrogen-bond acceptors (Lipinski definition) is 4. The lowest BCUT2D eigenvalue weighted by Gasteiger charge is -2.14. The van der Waals surface area contributed by atoms with E-state index in [-0.39, 0.29) is 16.3 Å². The summed E-state index contributed by atoms with van der Waals surface area (Å²) in [5, 5.41) is 4.35. The van der Waals surface area contributed by atoms with Gasteiger partial charge in [0, 0.05) is 0 Å². The van der Waals surface area contributed by atoms with E-state index in [0.29, 0.717) is 18.0 Å². The van der Waals surface area contributed by atoms with Crippen molar-refractivity contribution in [3.63, 3.8) is 0 Å². The van der Waals surface area contributed by atoms with E-state index >= 15 is 0 Å². The number of aromatic nitrogens is 2. The normalized spacial score (nSPS) is 10.7. The fraction of sp³-hybridized carbons (Fsp3) is 0.238. The molecule has 6 heteroatoms. The van der Waals surface area contributed by atoms with Gasteiger partial charge in [0.25, 0.3) is 0 Å². The molecule has 0 atom stereocenters. The molecular formula is C21H21ClN2O3. The Bertz CT molecular complexity index is 1000. The van der Waals surface area contributed by atoms with Crippen LogP contribution >= 0.6 is 11.6 Å². The third kappa shape index (κ3) is 4.14. The van der Waals surface area contributed by atoms with Crippen LogP contribution in [0.2, 0.25) is 5.02 Å². The maximum atomic E-state index is 12.9. The minimum absolute atomic E-state index is 0.0549. The van der Waals surface area contributed by atoms with Gasteiger partial charge in [0.15, 0.2) is 0 Å². The summed E-state index contributed by atoms with van der Waals surface area (Å²) < 4.78 is 12.2. The molecule has 27 heavy (non-hydrogen) atoms. The van der Waals surface area contributed by atoms with Gasteiger partial charge in [0.05, 0.1) is 19.9 Å². The van der Waals surface area contributed by atoms with Crippen LogP contribution in [0.4, 0.5) is 0 Å². The first kappa shape index (κ1) is 19.0. The van der Waals surface area contributed by atoms with Crippen LogP contribution in [0.5, 0.6) is 17.2 Å². The summed E-state index contributed by atoms with van der Waals surface area (Å²) in [6.07, 6.45) is 1.43. The Hall–Kier alpha value is -2.79. The third-order valence-corrected chi connectivity index (χ3v) is 4.65. The molecule has 0 aliphatic heterocycles. The van der Waals surface area contributed by atoms with Crippen molar-refractivity contribution in [3.8, 4) is 17.2 Å². The Kier molecular flexibility index (Phi) is 5.51. The number of rotatable bonds is 5. The van der Waals surface area contributed by atoms with Crippen molar-refractivity contribution in [2.45, 2.75) is 27.3 Å². The van der Waals surface area contributed by atoms with Crippen LogP contribution in [0.3, 0.4) is 0 Å². The predicted octanol–water partition coefficient (Wildman–Crippen LogP) is 4.67. The van der Waals surface area contributed by atoms with E-state index in [1.54, 1.807) is 31.4 Å². The van der Waals surface area contributed by atoms with Gasteiger partial charge in [-0.05, 0) is 61.7 Å². The minimum atomic E-state index is -0.377. The second-order valence-electron chi connectivity index (χ2n) is 6.44. The lowest BCUT2D eigenvalue weighted by atomic mass is 10.00. The van der Waals surface area contributed by atoms with Gasteiger partial charge in [-0.1, -0.05) is 29.3 Å². The SMILES string of the molecule is COc1ccc(Oc2c(Cl)cnn(Cc3c(C)cc(C)cc3C)c2=O)cc1. The Morgan fingerprint density at radius 3 is 2.22 bits per heavy atom. The van der Waals surface area contributed by atoms with Crippen molar-refractivity contribution in [3.05, 3.63) is 80.2 Å². The van der Waals surface area contributed by atoms with Crippen molar-refractivity contribution in [1.29, 1.82) is 0 Å². The first-order valence-electron chi connectivity index (χ1n) is 8.53. The number of halogens is 1. The van der Waals surface area contributed by atoms with E-state index in [4.69, 9.17) is 21.1 Å². The maximum absolute atomic E-state index is 12.9. The van der Waals surface area contributed by atoms with Gasteiger partial charge in [-0.15, -0.1) is 0 Å². The Labute approximate surface area is 163 Å². The molecule has 0 bridgehead atoms. The summed E-state index contributed by atoms with van der Waals surface area (Å²) in [5.41, 5.74) is 4.11. The molecule has 0 amide bonds. The van der Waals surface area contributed by atoms with Crippen molar-refractivity contribution >= 4 is 11.6 Å². The van der Waals surface area contributed by atoms with Gasteiger partial charge in [-0.2, -0.15) is 5.10 Å². The summed E-state index contributed by atoms with van der Waals surface area (Å²) >= 11 is 6.17. The minimum Gasteiger partial charge on any atom is -0.497 e. The highest BCUT2D eigenvalue weighted by Gasteiger charge is 2.15. The zero-order chi connectivity index (χ0) is 19.6. The Morgan fingerprint density at radius 2 is 1.63 bits per heavy atom. The topological polar surface area (TPSA) is 53.4 Å². The third-order valence-electron chi connectivity index (χ3n) is 4.38. The van der Waals surface area contributed by atoms with E-state index in [1.807, 2.05) is 13.8 Å². The van der Waals surface area contributed by atoms with E-state index in [1.165, 1.54) is 16.4 Å². The van der Waals surface area contributed by atoms with Gasteiger partial charge in [-0.25, -0.2) is 4.68 Å². The largest absolute Gasteiger partial charge is 0.497 e. The van der Waals surface area contributed by atoms with E-state index in [0.717, 1.165) is 16.7 Å². The average molecular weight is 385 g/mol. The molecular weight excluding hydrogens is 364 g/mol. The number of methoxy groups -OCH3 is 1. The molecule has 1 heterocycles. The molecule has 0 radical (unpaired) electrons. The number of benzene rings is 2. The highest BCUT2D eigenvalue weighted by atomic mass is 35.5. The Morgan fingerprint density at radius 1 is 1.04 bits per heavy atom. The van der Waals surface area contributed by atoms with Crippen LogP contribution in [0.25, 0.3) is 0 Å². The maximum Gasteiger partial charge on any atom is 0.311 e. The van der Waals surface area contributed by atoms with Crippen molar-refractivity contribution < 1.29 is 9.47 Å². The molecule has 0 fully saturated rings. The molecule has 3 rings (SSSR count). The van der Waals surface area contributed by atoms with Gasteiger partial charge in [-0.3, -0.25) is 4.79 Å². The molecule has 3 aromatic rings. The number of ether oxygens (including phenoxy) is 2. The standard InChI is InChI=1S/C21H21ClN2O3/c1-13-9-14(2)18(15(3)10-13)12-24-21(25)20(19(22)11-23-24)27-17-7-5-16(26-4)6-8-17/h5-11H,12H2,1-4H3. The molecule has 0 N–H and O–H groups in total. The van der Waals surface area contributed by atoms with Crippen LogP contribution < -0.4 is 15.0 Å². The van der Waals surface area contributed by atoms with Gasteiger partial charge in [0.2, 0.25) is 5.75 Å². The first-order chi connectivity index (χ1) is 12.9. The molecule has 2 aromatic carbocycles. The summed E-state index contributed by atoms with van der Waals surface area (Å²) in [5.74, 6) is 1.25. The summed E-state index contributed by atoms with van der Waals surface area (Å²) in [7, 11) is 1.59. The lowest BCUT2D eigenvalue weighted by molar-refractivity contribution is 0.412. The summed E-state index contributed by atoms with van der Waals surface area (Å²) in [6.45, 7) is 6.47. The van der Waals surface area contributed by atoms with Crippen LogP contribution in [-0.4, -0.2) is 16.9 Å². The number of nitrogens with zero attached hydrogens (tertiary/aromatic N) is 2. The molecule has 0 saturated carbocycles. The zero-order valence-electron chi connectivity index (χ0n) is 15.7. The summed E-state index contributed by atoms with van der Waals surface area (Å²) in [4.78, 5) is 12.9.